The summed E-state index contributed by atoms with van der Waals surface area (Å²) in [6, 6.07) is 22.3. The van der Waals surface area contributed by atoms with Gasteiger partial charge in [0.25, 0.3) is 5.91 Å². The van der Waals surface area contributed by atoms with E-state index in [1.165, 1.54) is 40.9 Å². The minimum absolute atomic E-state index is 0.0168. The van der Waals surface area contributed by atoms with Gasteiger partial charge in [0.2, 0.25) is 5.91 Å². The van der Waals surface area contributed by atoms with E-state index in [0.29, 0.717) is 23.3 Å². The minimum Gasteiger partial charge on any atom is -0.508 e. The quantitative estimate of drug-likeness (QED) is 0.148. The molecule has 0 saturated carbocycles. The highest BCUT2D eigenvalue weighted by atomic mass is 32.2. The number of esters is 1. The fraction of sp³-hybridized carbons (Fsp3) is 0.278. The van der Waals surface area contributed by atoms with Gasteiger partial charge in [0.15, 0.2) is 6.10 Å². The second-order valence-electron chi connectivity index (χ2n) is 12.1. The van der Waals surface area contributed by atoms with Crippen molar-refractivity contribution in [2.75, 3.05) is 5.75 Å². The number of nitrogens with one attached hydrogen (secondary N) is 2. The third-order valence-electron chi connectivity index (χ3n) is 7.51. The van der Waals surface area contributed by atoms with E-state index in [1.54, 1.807) is 26.8 Å². The van der Waals surface area contributed by atoms with Crippen molar-refractivity contribution in [3.8, 4) is 5.75 Å². The van der Waals surface area contributed by atoms with Crippen LogP contribution in [0.4, 0.5) is 4.79 Å². The molecule has 10 nitrogen and oxygen atoms in total. The van der Waals surface area contributed by atoms with Gasteiger partial charge in [0.1, 0.15) is 34.5 Å². The summed E-state index contributed by atoms with van der Waals surface area (Å²) in [7, 11) is 0. The number of ether oxygens (including phenoxy) is 2. The molecule has 1 saturated heterocycles. The number of hydrogen-bond acceptors (Lipinski definition) is 8. The number of carbonyl (C=O) groups is 4. The van der Waals surface area contributed by atoms with E-state index >= 15 is 0 Å². The number of amides is 3. The molecule has 3 amide bonds. The molecule has 2 heterocycles. The Morgan fingerprint density at radius 1 is 0.979 bits per heavy atom. The van der Waals surface area contributed by atoms with Crippen molar-refractivity contribution in [3.63, 3.8) is 0 Å². The number of hydrogen-bond donors (Lipinski definition) is 3. The lowest BCUT2D eigenvalue weighted by atomic mass is 9.99. The minimum atomic E-state index is -1.23. The van der Waals surface area contributed by atoms with Crippen LogP contribution in [-0.2, 0) is 23.9 Å². The van der Waals surface area contributed by atoms with Crippen molar-refractivity contribution in [3.05, 3.63) is 126 Å². The Morgan fingerprint density at radius 2 is 1.57 bits per heavy atom. The van der Waals surface area contributed by atoms with E-state index < -0.39 is 53.0 Å². The Hall–Kier alpha value is -5.03. The lowest BCUT2D eigenvalue weighted by Crippen LogP contribution is -2.71. The van der Waals surface area contributed by atoms with Crippen molar-refractivity contribution in [1.29, 1.82) is 0 Å². The van der Waals surface area contributed by atoms with Crippen molar-refractivity contribution in [2.24, 2.45) is 0 Å². The summed E-state index contributed by atoms with van der Waals surface area (Å²) in [5.41, 5.74) is 1.94. The summed E-state index contributed by atoms with van der Waals surface area (Å²) in [5, 5.41) is 14.5. The van der Waals surface area contributed by atoms with E-state index in [1.807, 2.05) is 60.7 Å². The van der Waals surface area contributed by atoms with Crippen LogP contribution in [0.25, 0.3) is 0 Å². The molecule has 3 aromatic rings. The molecule has 11 heteroatoms. The van der Waals surface area contributed by atoms with Gasteiger partial charge in [-0.3, -0.25) is 14.5 Å². The first-order valence-electron chi connectivity index (χ1n) is 15.1. The number of rotatable bonds is 10. The molecule has 5 rings (SSSR count). The monoisotopic (exact) mass is 655 g/mol. The van der Waals surface area contributed by atoms with Crippen molar-refractivity contribution < 1.29 is 33.8 Å². The average Bonchev–Trinajstić information content (AvgIpc) is 3.05. The molecule has 244 valence electrons. The SMILES string of the molecule is C=CCC1=C(C(=O)OC(c2ccccc2)c2ccccc2)N2C(=O)C(NC(=O)[C@H](NC(=O)OC(C)(C)C)c3ccc(O)cc3)[C@H]2SC1. The van der Waals surface area contributed by atoms with Gasteiger partial charge in [0, 0.05) is 5.75 Å². The fourth-order valence-electron chi connectivity index (χ4n) is 5.38. The fourth-order valence-corrected chi connectivity index (χ4v) is 6.74. The Bertz CT molecular complexity index is 1630. The van der Waals surface area contributed by atoms with E-state index in [4.69, 9.17) is 9.47 Å². The molecule has 0 bridgehead atoms. The molecule has 3 aromatic carbocycles. The lowest BCUT2D eigenvalue weighted by molar-refractivity contribution is -0.154. The van der Waals surface area contributed by atoms with Crippen LogP contribution in [0.1, 0.15) is 56.0 Å². The first-order valence-corrected chi connectivity index (χ1v) is 16.2. The second-order valence-corrected chi connectivity index (χ2v) is 13.2. The van der Waals surface area contributed by atoms with Gasteiger partial charge < -0.3 is 25.2 Å². The van der Waals surface area contributed by atoms with Gasteiger partial charge in [-0.05, 0) is 61.6 Å². The number of thioether (sulfide) groups is 1. The first kappa shape index (κ1) is 33.3. The third-order valence-corrected chi connectivity index (χ3v) is 8.85. The maximum Gasteiger partial charge on any atom is 0.408 e. The summed E-state index contributed by atoms with van der Waals surface area (Å²) < 4.78 is 11.5. The number of fused-ring (bicyclic) bond motifs is 1. The van der Waals surface area contributed by atoms with Crippen molar-refractivity contribution in [1.82, 2.24) is 15.5 Å². The Morgan fingerprint density at radius 3 is 2.13 bits per heavy atom. The number of alkyl carbamates (subject to hydrolysis) is 1. The van der Waals surface area contributed by atoms with Gasteiger partial charge in [0.05, 0.1) is 0 Å². The Balaban J connectivity index is 1.38. The van der Waals surface area contributed by atoms with E-state index in [9.17, 15) is 24.3 Å². The van der Waals surface area contributed by atoms with E-state index in [2.05, 4.69) is 17.2 Å². The number of phenolic OH excluding ortho intramolecular Hbond substituents is 1. The van der Waals surface area contributed by atoms with Crippen LogP contribution in [-0.4, -0.2) is 56.7 Å². The maximum absolute atomic E-state index is 14.0. The molecule has 47 heavy (non-hydrogen) atoms. The van der Waals surface area contributed by atoms with E-state index in [-0.39, 0.29) is 11.4 Å². The number of aromatic hydroxyl groups is 1. The predicted molar refractivity (Wildman–Crippen MR) is 178 cm³/mol. The predicted octanol–water partition coefficient (Wildman–Crippen LogP) is 5.52. The number of benzene rings is 3. The van der Waals surface area contributed by atoms with Crippen LogP contribution < -0.4 is 10.6 Å². The maximum atomic E-state index is 14.0. The average molecular weight is 656 g/mol. The highest BCUT2D eigenvalue weighted by Crippen LogP contribution is 2.42. The summed E-state index contributed by atoms with van der Waals surface area (Å²) in [6.45, 7) is 8.91. The van der Waals surface area contributed by atoms with Gasteiger partial charge >= 0.3 is 12.1 Å². The van der Waals surface area contributed by atoms with Gasteiger partial charge in [-0.15, -0.1) is 18.3 Å². The van der Waals surface area contributed by atoms with Crippen molar-refractivity contribution >= 4 is 35.6 Å². The Labute approximate surface area is 277 Å². The molecule has 0 aromatic heterocycles. The number of phenols is 1. The van der Waals surface area contributed by atoms with Gasteiger partial charge in [-0.1, -0.05) is 78.9 Å². The normalized spacial score (nSPS) is 18.0. The zero-order valence-electron chi connectivity index (χ0n) is 26.3. The topological polar surface area (TPSA) is 134 Å². The lowest BCUT2D eigenvalue weighted by Gasteiger charge is -2.50. The van der Waals surface area contributed by atoms with Crippen LogP contribution in [0.5, 0.6) is 5.75 Å². The summed E-state index contributed by atoms with van der Waals surface area (Å²) in [4.78, 5) is 55.4. The highest BCUT2D eigenvalue weighted by Gasteiger charge is 2.55. The Kier molecular flexibility index (Phi) is 10.0. The van der Waals surface area contributed by atoms with Crippen molar-refractivity contribution in [2.45, 2.75) is 56.4 Å². The van der Waals surface area contributed by atoms with Crippen LogP contribution in [0.2, 0.25) is 0 Å². The molecule has 0 spiro atoms. The molecular weight excluding hydrogens is 618 g/mol. The number of carbonyl (C=O) groups excluding carboxylic acids is 4. The van der Waals surface area contributed by atoms with Crippen LogP contribution >= 0.6 is 11.8 Å². The summed E-state index contributed by atoms with van der Waals surface area (Å²) in [6.07, 6.45) is 0.499. The molecule has 3 atom stereocenters. The summed E-state index contributed by atoms with van der Waals surface area (Å²) in [5.74, 6) is -1.40. The van der Waals surface area contributed by atoms with Crippen LogP contribution in [0, 0.1) is 0 Å². The number of β-lactam (4-membered cyclic amide) rings is 1. The standard InChI is InChI=1S/C36H37N3O7S/c1-5-12-25-21-47-33-28(37-31(41)27(22-17-19-26(40)20-18-22)38-35(44)46-36(2,3)4)32(42)39(33)29(25)34(43)45-30(23-13-8-6-9-14-23)24-15-10-7-11-16-24/h5-11,13-20,27-28,30,33,40H,1,12,21H2,2-4H3,(H,37,41)(H,38,44)/t27-,28?,33-/m1/s1. The third kappa shape index (κ3) is 7.69. The summed E-state index contributed by atoms with van der Waals surface area (Å²) >= 11 is 1.41. The molecule has 0 aliphatic carbocycles. The van der Waals surface area contributed by atoms with E-state index in [0.717, 1.165) is 11.1 Å². The molecule has 2 aliphatic rings. The van der Waals surface area contributed by atoms with Crippen LogP contribution in [0.3, 0.4) is 0 Å². The highest BCUT2D eigenvalue weighted by molar-refractivity contribution is 8.00. The molecule has 1 unspecified atom stereocenters. The number of allylic oxidation sites excluding steroid dienone is 1. The zero-order valence-corrected chi connectivity index (χ0v) is 27.2. The van der Waals surface area contributed by atoms with Crippen LogP contribution in [0.15, 0.2) is 109 Å². The zero-order chi connectivity index (χ0) is 33.7. The molecule has 3 N–H and O–H groups in total. The molecule has 2 aliphatic heterocycles. The second kappa shape index (κ2) is 14.2. The smallest absolute Gasteiger partial charge is 0.408 e. The number of nitrogens with zero attached hydrogens (tertiary/aromatic N) is 1. The largest absolute Gasteiger partial charge is 0.508 e. The molecule has 1 fully saturated rings. The first-order chi connectivity index (χ1) is 22.5. The van der Waals surface area contributed by atoms with Gasteiger partial charge in [-0.2, -0.15) is 0 Å². The van der Waals surface area contributed by atoms with Gasteiger partial charge in [-0.25, -0.2) is 9.59 Å². The molecular formula is C36H37N3O7S. The molecule has 0 radical (unpaired) electrons.